The number of halogens is 1. The van der Waals surface area contributed by atoms with Gasteiger partial charge in [0.25, 0.3) is 0 Å². The van der Waals surface area contributed by atoms with Gasteiger partial charge in [0.2, 0.25) is 0 Å². The molecule has 0 amide bonds. The van der Waals surface area contributed by atoms with Crippen LogP contribution in [-0.4, -0.2) is 58.1 Å². The van der Waals surface area contributed by atoms with Crippen LogP contribution in [0.4, 0.5) is 0 Å². The Labute approximate surface area is 193 Å². The summed E-state index contributed by atoms with van der Waals surface area (Å²) in [7, 11) is 0. The van der Waals surface area contributed by atoms with E-state index in [-0.39, 0.29) is 30.1 Å². The zero-order valence-electron chi connectivity index (χ0n) is 18.1. The van der Waals surface area contributed by atoms with Gasteiger partial charge >= 0.3 is 0 Å². The van der Waals surface area contributed by atoms with Gasteiger partial charge in [0, 0.05) is 39.5 Å². The summed E-state index contributed by atoms with van der Waals surface area (Å²) in [6.45, 7) is 11.8. The van der Waals surface area contributed by atoms with Crippen molar-refractivity contribution < 1.29 is 14.2 Å². The fourth-order valence-electron chi connectivity index (χ4n) is 3.06. The second-order valence-corrected chi connectivity index (χ2v) is 7.38. The summed E-state index contributed by atoms with van der Waals surface area (Å²) in [5.41, 5.74) is 1.20. The van der Waals surface area contributed by atoms with E-state index in [9.17, 15) is 0 Å². The number of rotatable bonds is 11. The topological polar surface area (TPSA) is 64.1 Å². The Balaban J connectivity index is 0.00000420. The molecule has 166 valence electrons. The van der Waals surface area contributed by atoms with Gasteiger partial charge in [0.15, 0.2) is 5.96 Å². The maximum atomic E-state index is 5.95. The van der Waals surface area contributed by atoms with Gasteiger partial charge in [-0.25, -0.2) is 4.99 Å². The van der Waals surface area contributed by atoms with E-state index in [2.05, 4.69) is 35.5 Å². The number of hydrogen-bond donors (Lipinski definition) is 2. The zero-order valence-corrected chi connectivity index (χ0v) is 20.4. The molecule has 1 unspecified atom stereocenters. The first-order valence-corrected chi connectivity index (χ1v) is 10.6. The van der Waals surface area contributed by atoms with Gasteiger partial charge in [-0.1, -0.05) is 12.1 Å². The largest absolute Gasteiger partial charge is 0.489 e. The number of benzene rings is 1. The normalized spacial score (nSPS) is 16.0. The van der Waals surface area contributed by atoms with E-state index in [1.165, 1.54) is 5.56 Å². The second-order valence-electron chi connectivity index (χ2n) is 7.38. The standard InChI is InChI=1S/C22H37N3O3.HI/c1-4-23-22(24-11-6-12-27-17-20-9-13-26-14-10-20)25-16-19(3)28-21-8-5-7-18(2)15-21;/h5,7-8,15,19-20H,4,6,9-14,16-17H2,1-3H3,(H2,23,24,25);1H. The third-order valence-electron chi connectivity index (χ3n) is 4.63. The minimum absolute atomic E-state index is 0. The number of nitrogens with one attached hydrogen (secondary N) is 2. The number of ether oxygens (including phenoxy) is 3. The van der Waals surface area contributed by atoms with Gasteiger partial charge in [-0.15, -0.1) is 24.0 Å². The molecule has 6 nitrogen and oxygen atoms in total. The van der Waals surface area contributed by atoms with E-state index in [1.54, 1.807) is 0 Å². The smallest absolute Gasteiger partial charge is 0.191 e. The molecule has 1 aliphatic heterocycles. The van der Waals surface area contributed by atoms with Gasteiger partial charge in [0.1, 0.15) is 11.9 Å². The summed E-state index contributed by atoms with van der Waals surface area (Å²) in [4.78, 5) is 4.64. The van der Waals surface area contributed by atoms with Crippen molar-refractivity contribution in [2.45, 2.75) is 46.1 Å². The number of guanidine groups is 1. The van der Waals surface area contributed by atoms with Crippen LogP contribution in [0.1, 0.15) is 38.7 Å². The molecule has 2 rings (SSSR count). The van der Waals surface area contributed by atoms with Crippen molar-refractivity contribution in [3.63, 3.8) is 0 Å². The van der Waals surface area contributed by atoms with E-state index in [0.29, 0.717) is 12.5 Å². The molecule has 29 heavy (non-hydrogen) atoms. The first-order valence-electron chi connectivity index (χ1n) is 10.6. The maximum absolute atomic E-state index is 5.95. The van der Waals surface area contributed by atoms with Crippen molar-refractivity contribution >= 4 is 29.9 Å². The molecule has 1 aromatic rings. The van der Waals surface area contributed by atoms with Crippen LogP contribution < -0.4 is 15.4 Å². The monoisotopic (exact) mass is 519 g/mol. The highest BCUT2D eigenvalue weighted by atomic mass is 127. The summed E-state index contributed by atoms with van der Waals surface area (Å²) >= 11 is 0. The van der Waals surface area contributed by atoms with Gasteiger partial charge < -0.3 is 24.8 Å². The zero-order chi connectivity index (χ0) is 20.0. The molecule has 0 aliphatic carbocycles. The van der Waals surface area contributed by atoms with Crippen molar-refractivity contribution in [1.82, 2.24) is 10.6 Å². The number of aliphatic imine (C=N–C) groups is 1. The molecule has 1 aliphatic rings. The SMILES string of the molecule is CCNC(=NCC(C)Oc1cccc(C)c1)NCCCOCC1CCOCC1.I. The predicted molar refractivity (Wildman–Crippen MR) is 130 cm³/mol. The predicted octanol–water partition coefficient (Wildman–Crippen LogP) is 3.77. The number of hydrogen-bond acceptors (Lipinski definition) is 4. The van der Waals surface area contributed by atoms with Crippen LogP contribution in [0.5, 0.6) is 5.75 Å². The molecule has 0 radical (unpaired) electrons. The highest BCUT2D eigenvalue weighted by molar-refractivity contribution is 14.0. The Morgan fingerprint density at radius 3 is 2.79 bits per heavy atom. The number of aryl methyl sites for hydroxylation is 1. The Morgan fingerprint density at radius 1 is 1.28 bits per heavy atom. The van der Waals surface area contributed by atoms with Gasteiger partial charge in [-0.2, -0.15) is 0 Å². The fraction of sp³-hybridized carbons (Fsp3) is 0.682. The van der Waals surface area contributed by atoms with Gasteiger partial charge in [-0.05, 0) is 63.6 Å². The van der Waals surface area contributed by atoms with Crippen LogP contribution in [0, 0.1) is 12.8 Å². The molecule has 1 atom stereocenters. The van der Waals surface area contributed by atoms with Crippen LogP contribution in [0.3, 0.4) is 0 Å². The Hall–Kier alpha value is -1.06. The van der Waals surface area contributed by atoms with E-state index in [0.717, 1.165) is 70.5 Å². The minimum Gasteiger partial charge on any atom is -0.489 e. The van der Waals surface area contributed by atoms with Crippen molar-refractivity contribution in [1.29, 1.82) is 0 Å². The highest BCUT2D eigenvalue weighted by Gasteiger charge is 2.13. The van der Waals surface area contributed by atoms with Crippen molar-refractivity contribution in [2.24, 2.45) is 10.9 Å². The van der Waals surface area contributed by atoms with Crippen LogP contribution in [-0.2, 0) is 9.47 Å². The molecule has 1 fully saturated rings. The number of nitrogens with zero attached hydrogens (tertiary/aromatic N) is 1. The quantitative estimate of drug-likeness (QED) is 0.202. The molecule has 7 heteroatoms. The van der Waals surface area contributed by atoms with E-state index < -0.39 is 0 Å². The lowest BCUT2D eigenvalue weighted by atomic mass is 10.0. The Morgan fingerprint density at radius 2 is 2.07 bits per heavy atom. The lowest BCUT2D eigenvalue weighted by molar-refractivity contribution is 0.0203. The summed E-state index contributed by atoms with van der Waals surface area (Å²) in [6.07, 6.45) is 3.22. The summed E-state index contributed by atoms with van der Waals surface area (Å²) in [5.74, 6) is 2.38. The molecule has 0 bridgehead atoms. The van der Waals surface area contributed by atoms with Gasteiger partial charge in [0.05, 0.1) is 6.54 Å². The van der Waals surface area contributed by atoms with Crippen molar-refractivity contribution in [3.05, 3.63) is 29.8 Å². The average Bonchev–Trinajstić information content (AvgIpc) is 2.69. The summed E-state index contributed by atoms with van der Waals surface area (Å²) < 4.78 is 17.1. The third kappa shape index (κ3) is 11.6. The van der Waals surface area contributed by atoms with Crippen LogP contribution >= 0.6 is 24.0 Å². The van der Waals surface area contributed by atoms with E-state index in [4.69, 9.17) is 14.2 Å². The molecule has 1 aromatic carbocycles. The first kappa shape index (κ1) is 26.0. The molecule has 1 heterocycles. The van der Waals surface area contributed by atoms with E-state index >= 15 is 0 Å². The van der Waals surface area contributed by atoms with E-state index in [1.807, 2.05) is 25.1 Å². The molecule has 0 aromatic heterocycles. The third-order valence-corrected chi connectivity index (χ3v) is 4.63. The lowest BCUT2D eigenvalue weighted by Gasteiger charge is -2.21. The molecule has 0 spiro atoms. The van der Waals surface area contributed by atoms with Crippen molar-refractivity contribution in [2.75, 3.05) is 46.1 Å². The summed E-state index contributed by atoms with van der Waals surface area (Å²) in [5, 5.41) is 6.65. The van der Waals surface area contributed by atoms with Crippen LogP contribution in [0.2, 0.25) is 0 Å². The second kappa shape index (κ2) is 15.7. The lowest BCUT2D eigenvalue weighted by Crippen LogP contribution is -2.38. The van der Waals surface area contributed by atoms with Gasteiger partial charge in [-0.3, -0.25) is 0 Å². The maximum Gasteiger partial charge on any atom is 0.191 e. The first-order chi connectivity index (χ1) is 13.7. The molecule has 2 N–H and O–H groups in total. The Bertz CT molecular complexity index is 580. The molecular weight excluding hydrogens is 481 g/mol. The Kier molecular flexibility index (Phi) is 14.1. The average molecular weight is 519 g/mol. The summed E-state index contributed by atoms with van der Waals surface area (Å²) in [6, 6.07) is 8.10. The van der Waals surface area contributed by atoms with Crippen LogP contribution in [0.25, 0.3) is 0 Å². The van der Waals surface area contributed by atoms with Crippen LogP contribution in [0.15, 0.2) is 29.3 Å². The highest BCUT2D eigenvalue weighted by Crippen LogP contribution is 2.15. The fourth-order valence-corrected chi connectivity index (χ4v) is 3.06. The molecule has 1 saturated heterocycles. The minimum atomic E-state index is 0. The molecule has 0 saturated carbocycles. The van der Waals surface area contributed by atoms with Crippen molar-refractivity contribution in [3.8, 4) is 5.75 Å². The molecular formula is C22H38IN3O3.